The molecule has 1 aromatic rings. The molecule has 0 aromatic heterocycles. The van der Waals surface area contributed by atoms with Crippen molar-refractivity contribution in [2.45, 2.75) is 44.1 Å². The van der Waals surface area contributed by atoms with E-state index in [0.717, 1.165) is 0 Å². The number of nitrogens with two attached hydrogens (primary N) is 1. The summed E-state index contributed by atoms with van der Waals surface area (Å²) >= 11 is 6.03. The number of benzene rings is 1. The van der Waals surface area contributed by atoms with Gasteiger partial charge in [0.05, 0.1) is 0 Å². The third-order valence-corrected chi connectivity index (χ3v) is 4.36. The van der Waals surface area contributed by atoms with Crippen LogP contribution >= 0.6 is 11.6 Å². The average Bonchev–Trinajstić information content (AvgIpc) is 2.40. The maximum Gasteiger partial charge on any atom is 0.248 e. The van der Waals surface area contributed by atoms with Crippen LogP contribution in [0.1, 0.15) is 31.2 Å². The van der Waals surface area contributed by atoms with E-state index in [9.17, 15) is 13.2 Å². The first kappa shape index (κ1) is 15.6. The summed E-state index contributed by atoms with van der Waals surface area (Å²) in [7, 11) is 0. The average molecular weight is 307 g/mol. The summed E-state index contributed by atoms with van der Waals surface area (Å²) in [6.07, 6.45) is 1.02. The molecule has 3 N–H and O–H groups in total. The molecule has 0 amide bonds. The molecule has 6 heteroatoms. The summed E-state index contributed by atoms with van der Waals surface area (Å²) in [5.41, 5.74) is 3.31. The smallest absolute Gasteiger partial charge is 0.248 e. The molecule has 0 heterocycles. The molecule has 1 atom stereocenters. The highest BCUT2D eigenvalue weighted by atomic mass is 35.5. The van der Waals surface area contributed by atoms with E-state index in [2.05, 4.69) is 5.43 Å². The molecule has 2 nitrogen and oxygen atoms in total. The maximum absolute atomic E-state index is 13.2. The lowest BCUT2D eigenvalue weighted by molar-refractivity contribution is -0.0495. The van der Waals surface area contributed by atoms with Crippen LogP contribution in [0.3, 0.4) is 0 Å². The van der Waals surface area contributed by atoms with E-state index in [-0.39, 0.29) is 30.6 Å². The lowest BCUT2D eigenvalue weighted by Crippen LogP contribution is -2.44. The van der Waals surface area contributed by atoms with Gasteiger partial charge in [0.1, 0.15) is 5.82 Å². The van der Waals surface area contributed by atoms with Crippen LogP contribution in [0.4, 0.5) is 13.2 Å². The highest BCUT2D eigenvalue weighted by molar-refractivity contribution is 6.31. The van der Waals surface area contributed by atoms with E-state index in [4.69, 9.17) is 17.4 Å². The van der Waals surface area contributed by atoms with Gasteiger partial charge in [-0.2, -0.15) is 0 Å². The van der Waals surface area contributed by atoms with Gasteiger partial charge in [-0.15, -0.1) is 0 Å². The van der Waals surface area contributed by atoms with Crippen LogP contribution in [0.25, 0.3) is 0 Å². The molecule has 1 aromatic carbocycles. The summed E-state index contributed by atoms with van der Waals surface area (Å²) in [6, 6.07) is 3.97. The molecule has 1 aliphatic carbocycles. The van der Waals surface area contributed by atoms with Gasteiger partial charge in [-0.3, -0.25) is 11.3 Å². The van der Waals surface area contributed by atoms with Crippen LogP contribution in [0.5, 0.6) is 0 Å². The largest absolute Gasteiger partial charge is 0.271 e. The minimum Gasteiger partial charge on any atom is -0.271 e. The van der Waals surface area contributed by atoms with Gasteiger partial charge >= 0.3 is 0 Å². The molecule has 1 aliphatic rings. The molecular formula is C14H18ClF3N2. The van der Waals surface area contributed by atoms with Crippen molar-refractivity contribution in [3.05, 3.63) is 34.6 Å². The lowest BCUT2D eigenvalue weighted by atomic mass is 9.80. The fraction of sp³-hybridized carbons (Fsp3) is 0.571. The van der Waals surface area contributed by atoms with Crippen LogP contribution in [-0.2, 0) is 6.42 Å². The van der Waals surface area contributed by atoms with E-state index in [1.54, 1.807) is 0 Å². The minimum absolute atomic E-state index is 0.0546. The molecule has 0 aliphatic heterocycles. The van der Waals surface area contributed by atoms with Crippen molar-refractivity contribution in [3.8, 4) is 0 Å². The maximum atomic E-state index is 13.2. The van der Waals surface area contributed by atoms with Gasteiger partial charge in [-0.25, -0.2) is 13.2 Å². The van der Waals surface area contributed by atoms with Crippen LogP contribution in [0, 0.1) is 11.7 Å². The fourth-order valence-electron chi connectivity index (χ4n) is 2.76. The molecule has 0 saturated heterocycles. The number of rotatable bonds is 4. The normalized spacial score (nSPS) is 20.9. The predicted octanol–water partition coefficient (Wildman–Crippen LogP) is 3.68. The molecule has 0 radical (unpaired) electrons. The highest BCUT2D eigenvalue weighted by Gasteiger charge is 2.37. The third kappa shape index (κ3) is 3.87. The third-order valence-electron chi connectivity index (χ3n) is 3.99. The molecular weight excluding hydrogens is 289 g/mol. The van der Waals surface area contributed by atoms with Gasteiger partial charge in [-0.1, -0.05) is 11.6 Å². The van der Waals surface area contributed by atoms with Gasteiger partial charge in [0.15, 0.2) is 0 Å². The summed E-state index contributed by atoms with van der Waals surface area (Å²) in [4.78, 5) is 0. The zero-order valence-corrected chi connectivity index (χ0v) is 11.8. The molecule has 1 unspecified atom stereocenters. The van der Waals surface area contributed by atoms with E-state index < -0.39 is 5.92 Å². The molecule has 2 rings (SSSR count). The second-order valence-electron chi connectivity index (χ2n) is 5.41. The zero-order chi connectivity index (χ0) is 14.8. The van der Waals surface area contributed by atoms with Crippen molar-refractivity contribution < 1.29 is 13.2 Å². The Bertz CT molecular complexity index is 458. The Kier molecular flexibility index (Phi) is 4.94. The number of halogens is 4. The molecule has 1 fully saturated rings. The second kappa shape index (κ2) is 6.33. The SMILES string of the molecule is NNC(Cc1cc(F)ccc1Cl)C1CCC(F)(F)CC1. The Morgan fingerprint density at radius 1 is 1.35 bits per heavy atom. The van der Waals surface area contributed by atoms with Gasteiger partial charge < -0.3 is 0 Å². The Hall–Kier alpha value is -0.780. The first-order chi connectivity index (χ1) is 9.41. The number of hydrogen-bond donors (Lipinski definition) is 2. The van der Waals surface area contributed by atoms with Gasteiger partial charge in [0, 0.05) is 23.9 Å². The fourth-order valence-corrected chi connectivity index (χ4v) is 2.96. The Balaban J connectivity index is 2.04. The summed E-state index contributed by atoms with van der Waals surface area (Å²) in [5, 5.41) is 0.466. The van der Waals surface area contributed by atoms with Crippen molar-refractivity contribution in [3.63, 3.8) is 0 Å². The van der Waals surface area contributed by atoms with Crippen molar-refractivity contribution >= 4 is 11.6 Å². The number of nitrogens with one attached hydrogen (secondary N) is 1. The topological polar surface area (TPSA) is 38.0 Å². The first-order valence-electron chi connectivity index (χ1n) is 6.69. The second-order valence-corrected chi connectivity index (χ2v) is 5.81. The number of hydrazine groups is 1. The van der Waals surface area contributed by atoms with E-state index in [0.29, 0.717) is 29.8 Å². The van der Waals surface area contributed by atoms with Crippen LogP contribution < -0.4 is 11.3 Å². The molecule has 20 heavy (non-hydrogen) atoms. The van der Waals surface area contributed by atoms with Crippen LogP contribution in [0.2, 0.25) is 5.02 Å². The minimum atomic E-state index is -2.56. The lowest BCUT2D eigenvalue weighted by Gasteiger charge is -2.33. The number of alkyl halides is 2. The van der Waals surface area contributed by atoms with Crippen molar-refractivity contribution in [1.82, 2.24) is 5.43 Å². The van der Waals surface area contributed by atoms with E-state index >= 15 is 0 Å². The highest BCUT2D eigenvalue weighted by Crippen LogP contribution is 2.38. The van der Waals surface area contributed by atoms with Crippen molar-refractivity contribution in [2.24, 2.45) is 11.8 Å². The van der Waals surface area contributed by atoms with Crippen molar-refractivity contribution in [2.75, 3.05) is 0 Å². The number of hydrogen-bond acceptors (Lipinski definition) is 2. The van der Waals surface area contributed by atoms with Crippen LogP contribution in [-0.4, -0.2) is 12.0 Å². The Labute approximate surface area is 121 Å². The summed E-state index contributed by atoms with van der Waals surface area (Å²) < 4.78 is 39.6. The van der Waals surface area contributed by atoms with Gasteiger partial charge in [0.2, 0.25) is 5.92 Å². The summed E-state index contributed by atoms with van der Waals surface area (Å²) in [5.74, 6) is 2.66. The van der Waals surface area contributed by atoms with Gasteiger partial charge in [0.25, 0.3) is 0 Å². The monoisotopic (exact) mass is 306 g/mol. The van der Waals surface area contributed by atoms with E-state index in [1.165, 1.54) is 18.2 Å². The molecule has 0 spiro atoms. The van der Waals surface area contributed by atoms with Gasteiger partial charge in [-0.05, 0) is 48.9 Å². The molecule has 112 valence electrons. The summed E-state index contributed by atoms with van der Waals surface area (Å²) in [6.45, 7) is 0. The van der Waals surface area contributed by atoms with Crippen LogP contribution in [0.15, 0.2) is 18.2 Å². The van der Waals surface area contributed by atoms with E-state index in [1.807, 2.05) is 0 Å². The zero-order valence-electron chi connectivity index (χ0n) is 11.0. The predicted molar refractivity (Wildman–Crippen MR) is 73.1 cm³/mol. The quantitative estimate of drug-likeness (QED) is 0.658. The Morgan fingerprint density at radius 3 is 2.60 bits per heavy atom. The molecule has 0 bridgehead atoms. The van der Waals surface area contributed by atoms with Crippen molar-refractivity contribution in [1.29, 1.82) is 0 Å². The Morgan fingerprint density at radius 2 is 2.00 bits per heavy atom. The standard InChI is InChI=1S/C14H18ClF3N2/c15-12-2-1-11(16)7-10(12)8-13(20-19)9-3-5-14(17,18)6-4-9/h1-2,7,9,13,20H,3-6,8,19H2. The molecule has 1 saturated carbocycles. The first-order valence-corrected chi connectivity index (χ1v) is 7.07.